The van der Waals surface area contributed by atoms with E-state index in [1.807, 2.05) is 0 Å². The smallest absolute Gasteiger partial charge is 0.251 e. The minimum atomic E-state index is -3.43. The molecule has 1 aromatic heterocycles. The molecule has 0 bridgehead atoms. The van der Waals surface area contributed by atoms with Gasteiger partial charge in [-0.25, -0.2) is 8.42 Å². The highest BCUT2D eigenvalue weighted by atomic mass is 32.2. The summed E-state index contributed by atoms with van der Waals surface area (Å²) in [5, 5.41) is 6.09. The number of hydrogen-bond acceptors (Lipinski definition) is 6. The average Bonchev–Trinajstić information content (AvgIpc) is 2.87. The standard InChI is InChI=1S/C12H13N3O4S/c1-20(17,18)11-5-8(4-9(13)6-11)12(16)14-7-10-2-3-15-19-10/h2-6H,7,13H2,1H3,(H,14,16). The van der Waals surface area contributed by atoms with Crippen LogP contribution in [0.1, 0.15) is 16.1 Å². The molecule has 1 heterocycles. The molecule has 0 atom stereocenters. The molecule has 106 valence electrons. The molecule has 2 rings (SSSR count). The van der Waals surface area contributed by atoms with Crippen LogP contribution in [0.3, 0.4) is 0 Å². The van der Waals surface area contributed by atoms with Gasteiger partial charge in [-0.2, -0.15) is 0 Å². The van der Waals surface area contributed by atoms with E-state index >= 15 is 0 Å². The Bertz CT molecular complexity index is 723. The van der Waals surface area contributed by atoms with E-state index in [9.17, 15) is 13.2 Å². The summed E-state index contributed by atoms with van der Waals surface area (Å²) in [5.74, 6) is 0.0455. The van der Waals surface area contributed by atoms with Crippen molar-refractivity contribution in [3.05, 3.63) is 41.8 Å². The van der Waals surface area contributed by atoms with E-state index < -0.39 is 15.7 Å². The fourth-order valence-corrected chi connectivity index (χ4v) is 2.26. The van der Waals surface area contributed by atoms with Gasteiger partial charge in [-0.05, 0) is 18.2 Å². The van der Waals surface area contributed by atoms with Crippen molar-refractivity contribution >= 4 is 21.4 Å². The Kier molecular flexibility index (Phi) is 3.75. The minimum Gasteiger partial charge on any atom is -0.399 e. The molecular formula is C12H13N3O4S. The van der Waals surface area contributed by atoms with Crippen molar-refractivity contribution in [2.24, 2.45) is 0 Å². The van der Waals surface area contributed by atoms with Gasteiger partial charge in [0, 0.05) is 23.6 Å². The highest BCUT2D eigenvalue weighted by molar-refractivity contribution is 7.90. The molecule has 3 N–H and O–H groups in total. The summed E-state index contributed by atoms with van der Waals surface area (Å²) < 4.78 is 27.8. The SMILES string of the molecule is CS(=O)(=O)c1cc(N)cc(C(=O)NCc2ccno2)c1. The third-order valence-electron chi connectivity index (χ3n) is 2.53. The second-order valence-corrected chi connectivity index (χ2v) is 6.24. The van der Waals surface area contributed by atoms with Gasteiger partial charge in [0.2, 0.25) is 0 Å². The van der Waals surface area contributed by atoms with Crippen LogP contribution in [0.4, 0.5) is 5.69 Å². The number of nitrogens with two attached hydrogens (primary N) is 1. The first kappa shape index (κ1) is 14.1. The molecule has 0 spiro atoms. The maximum Gasteiger partial charge on any atom is 0.251 e. The number of nitrogen functional groups attached to an aromatic ring is 1. The maximum absolute atomic E-state index is 11.9. The van der Waals surface area contributed by atoms with Crippen LogP contribution in [0.5, 0.6) is 0 Å². The lowest BCUT2D eigenvalue weighted by Crippen LogP contribution is -2.23. The Balaban J connectivity index is 2.19. The fourth-order valence-electron chi connectivity index (χ4n) is 1.57. The zero-order valence-electron chi connectivity index (χ0n) is 10.7. The quantitative estimate of drug-likeness (QED) is 0.798. The number of nitrogens with zero attached hydrogens (tertiary/aromatic N) is 1. The molecule has 1 amide bonds. The van der Waals surface area contributed by atoms with Crippen LogP contribution < -0.4 is 11.1 Å². The average molecular weight is 295 g/mol. The lowest BCUT2D eigenvalue weighted by molar-refractivity contribution is 0.0947. The van der Waals surface area contributed by atoms with Crippen LogP contribution in [0.2, 0.25) is 0 Å². The number of carbonyl (C=O) groups excluding carboxylic acids is 1. The third-order valence-corrected chi connectivity index (χ3v) is 3.63. The van der Waals surface area contributed by atoms with Crippen molar-refractivity contribution in [1.29, 1.82) is 0 Å². The van der Waals surface area contributed by atoms with Crippen LogP contribution in [-0.2, 0) is 16.4 Å². The van der Waals surface area contributed by atoms with Gasteiger partial charge in [0.25, 0.3) is 5.91 Å². The number of hydrogen-bond donors (Lipinski definition) is 2. The summed E-state index contributed by atoms with van der Waals surface area (Å²) in [4.78, 5) is 11.9. The van der Waals surface area contributed by atoms with Crippen molar-refractivity contribution in [3.8, 4) is 0 Å². The van der Waals surface area contributed by atoms with Crippen molar-refractivity contribution in [1.82, 2.24) is 10.5 Å². The number of aromatic nitrogens is 1. The van der Waals surface area contributed by atoms with E-state index in [2.05, 4.69) is 10.5 Å². The zero-order chi connectivity index (χ0) is 14.8. The number of carbonyl (C=O) groups is 1. The molecular weight excluding hydrogens is 282 g/mol. The lowest BCUT2D eigenvalue weighted by Gasteiger charge is -2.06. The molecule has 1 aromatic carbocycles. The van der Waals surface area contributed by atoms with Crippen molar-refractivity contribution in [3.63, 3.8) is 0 Å². The molecule has 2 aromatic rings. The van der Waals surface area contributed by atoms with Crippen LogP contribution in [-0.4, -0.2) is 25.7 Å². The van der Waals surface area contributed by atoms with Gasteiger partial charge in [0.05, 0.1) is 17.6 Å². The molecule has 8 heteroatoms. The Morgan fingerprint density at radius 1 is 1.40 bits per heavy atom. The van der Waals surface area contributed by atoms with Crippen molar-refractivity contribution < 1.29 is 17.7 Å². The summed E-state index contributed by atoms with van der Waals surface area (Å²) in [6.45, 7) is 0.155. The monoisotopic (exact) mass is 295 g/mol. The van der Waals surface area contributed by atoms with Crippen LogP contribution >= 0.6 is 0 Å². The first-order valence-electron chi connectivity index (χ1n) is 5.64. The third kappa shape index (κ3) is 3.35. The van der Waals surface area contributed by atoms with Gasteiger partial charge < -0.3 is 15.6 Å². The van der Waals surface area contributed by atoms with Gasteiger partial charge in [-0.3, -0.25) is 4.79 Å². The molecule has 0 unspecified atom stereocenters. The fraction of sp³-hybridized carbons (Fsp3) is 0.167. The van der Waals surface area contributed by atoms with Crippen LogP contribution in [0, 0.1) is 0 Å². The second-order valence-electron chi connectivity index (χ2n) is 4.22. The molecule has 0 saturated heterocycles. The zero-order valence-corrected chi connectivity index (χ0v) is 11.5. The number of amides is 1. The Hall–Kier alpha value is -2.35. The first-order valence-corrected chi connectivity index (χ1v) is 7.54. The van der Waals surface area contributed by atoms with E-state index in [1.165, 1.54) is 24.4 Å². The molecule has 0 aliphatic heterocycles. The molecule has 0 aliphatic carbocycles. The summed E-state index contributed by atoms with van der Waals surface area (Å²) in [5.41, 5.74) is 5.99. The Labute approximate surface area is 115 Å². The highest BCUT2D eigenvalue weighted by Gasteiger charge is 2.13. The van der Waals surface area contributed by atoms with E-state index in [-0.39, 0.29) is 22.7 Å². The molecule has 0 saturated carbocycles. The Morgan fingerprint density at radius 2 is 2.15 bits per heavy atom. The highest BCUT2D eigenvalue weighted by Crippen LogP contribution is 2.16. The van der Waals surface area contributed by atoms with E-state index in [1.54, 1.807) is 6.07 Å². The van der Waals surface area contributed by atoms with E-state index in [0.717, 1.165) is 6.26 Å². The maximum atomic E-state index is 11.9. The molecule has 0 aliphatic rings. The van der Waals surface area contributed by atoms with Gasteiger partial charge >= 0.3 is 0 Å². The molecule has 0 fully saturated rings. The van der Waals surface area contributed by atoms with Crippen molar-refractivity contribution in [2.45, 2.75) is 11.4 Å². The minimum absolute atomic E-state index is 0.00214. The number of rotatable bonds is 4. The van der Waals surface area contributed by atoms with Crippen molar-refractivity contribution in [2.75, 3.05) is 12.0 Å². The second kappa shape index (κ2) is 5.33. The van der Waals surface area contributed by atoms with Crippen LogP contribution in [0.15, 0.2) is 39.9 Å². The number of sulfone groups is 1. The summed E-state index contributed by atoms with van der Waals surface area (Å²) in [7, 11) is -3.43. The summed E-state index contributed by atoms with van der Waals surface area (Å²) in [6, 6.07) is 5.61. The number of nitrogens with one attached hydrogen (secondary N) is 1. The van der Waals surface area contributed by atoms with E-state index in [4.69, 9.17) is 10.3 Å². The normalized spacial score (nSPS) is 11.2. The van der Waals surface area contributed by atoms with Gasteiger partial charge in [-0.15, -0.1) is 0 Å². The largest absolute Gasteiger partial charge is 0.399 e. The van der Waals surface area contributed by atoms with Gasteiger partial charge in [0.1, 0.15) is 0 Å². The lowest BCUT2D eigenvalue weighted by atomic mass is 10.2. The molecule has 7 nitrogen and oxygen atoms in total. The van der Waals surface area contributed by atoms with Gasteiger partial charge in [-0.1, -0.05) is 5.16 Å². The predicted octanol–water partition coefficient (Wildman–Crippen LogP) is 0.590. The van der Waals surface area contributed by atoms with Gasteiger partial charge in [0.15, 0.2) is 15.6 Å². The molecule has 20 heavy (non-hydrogen) atoms. The summed E-state index contributed by atoms with van der Waals surface area (Å²) >= 11 is 0. The predicted molar refractivity (Wildman–Crippen MR) is 71.6 cm³/mol. The number of anilines is 1. The molecule has 0 radical (unpaired) electrons. The first-order chi connectivity index (χ1) is 9.36. The van der Waals surface area contributed by atoms with E-state index in [0.29, 0.717) is 5.76 Å². The van der Waals surface area contributed by atoms with Crippen LogP contribution in [0.25, 0.3) is 0 Å². The Morgan fingerprint density at radius 3 is 2.75 bits per heavy atom. The summed E-state index contributed by atoms with van der Waals surface area (Å²) in [6.07, 6.45) is 2.52. The topological polar surface area (TPSA) is 115 Å². The number of benzene rings is 1.